The van der Waals surface area contributed by atoms with Crippen LogP contribution in [0.3, 0.4) is 0 Å². The maximum atomic E-state index is 12.0. The zero-order valence-electron chi connectivity index (χ0n) is 10.5. The molecule has 1 amide bonds. The predicted octanol–water partition coefficient (Wildman–Crippen LogP) is 1.70. The molecule has 1 aliphatic rings. The van der Waals surface area contributed by atoms with Crippen LogP contribution in [0, 0.1) is 11.8 Å². The molecule has 0 spiro atoms. The molecule has 5 heteroatoms. The van der Waals surface area contributed by atoms with E-state index in [1.165, 1.54) is 0 Å². The van der Waals surface area contributed by atoms with Crippen molar-refractivity contribution in [3.05, 3.63) is 0 Å². The lowest BCUT2D eigenvalue weighted by molar-refractivity contribution is -0.145. The number of hydrogen-bond donors (Lipinski definition) is 1. The van der Waals surface area contributed by atoms with Crippen LogP contribution in [0.4, 0.5) is 0 Å². The highest BCUT2D eigenvalue weighted by Crippen LogP contribution is 2.29. The van der Waals surface area contributed by atoms with Crippen LogP contribution < -0.4 is 0 Å². The fourth-order valence-electron chi connectivity index (χ4n) is 2.24. The minimum absolute atomic E-state index is 0.0393. The Hall–Kier alpha value is -0.710. The molecule has 0 aliphatic heterocycles. The van der Waals surface area contributed by atoms with Crippen LogP contribution >= 0.6 is 11.8 Å². The Morgan fingerprint density at radius 2 is 1.76 bits per heavy atom. The van der Waals surface area contributed by atoms with Gasteiger partial charge < -0.3 is 10.0 Å². The summed E-state index contributed by atoms with van der Waals surface area (Å²) in [6.07, 6.45) is 4.75. The summed E-state index contributed by atoms with van der Waals surface area (Å²) in [4.78, 5) is 24.6. The first-order valence-electron chi connectivity index (χ1n) is 6.03. The van der Waals surface area contributed by atoms with Gasteiger partial charge in [0, 0.05) is 25.3 Å². The average Bonchev–Trinajstić information content (AvgIpc) is 2.35. The van der Waals surface area contributed by atoms with Crippen LogP contribution in [-0.2, 0) is 9.59 Å². The minimum Gasteiger partial charge on any atom is -0.481 e. The molecule has 0 saturated heterocycles. The second-order valence-corrected chi connectivity index (χ2v) is 5.62. The molecular weight excluding hydrogens is 238 g/mol. The number of carbonyl (C=O) groups excluding carboxylic acids is 1. The first-order valence-corrected chi connectivity index (χ1v) is 7.42. The highest BCUT2D eigenvalue weighted by molar-refractivity contribution is 7.98. The first-order chi connectivity index (χ1) is 8.06. The second-order valence-electron chi connectivity index (χ2n) is 4.64. The van der Waals surface area contributed by atoms with Crippen molar-refractivity contribution in [3.8, 4) is 0 Å². The Morgan fingerprint density at radius 3 is 2.24 bits per heavy atom. The molecule has 4 nitrogen and oxygen atoms in total. The normalized spacial score (nSPS) is 24.4. The predicted molar refractivity (Wildman–Crippen MR) is 69.1 cm³/mol. The third kappa shape index (κ3) is 4.22. The van der Waals surface area contributed by atoms with Crippen LogP contribution in [0.2, 0.25) is 0 Å². The van der Waals surface area contributed by atoms with E-state index >= 15 is 0 Å². The van der Waals surface area contributed by atoms with Crippen LogP contribution in [0.5, 0.6) is 0 Å². The maximum Gasteiger partial charge on any atom is 0.306 e. The highest BCUT2D eigenvalue weighted by atomic mass is 32.2. The third-order valence-electron chi connectivity index (χ3n) is 3.43. The van der Waals surface area contributed by atoms with Gasteiger partial charge in [0.1, 0.15) is 0 Å². The number of hydrogen-bond acceptors (Lipinski definition) is 3. The van der Waals surface area contributed by atoms with Gasteiger partial charge in [-0.1, -0.05) is 0 Å². The van der Waals surface area contributed by atoms with Gasteiger partial charge in [-0.05, 0) is 31.9 Å². The molecule has 0 aromatic rings. The Labute approximate surface area is 107 Å². The van der Waals surface area contributed by atoms with Gasteiger partial charge in [-0.15, -0.1) is 0 Å². The zero-order valence-corrected chi connectivity index (χ0v) is 11.3. The summed E-state index contributed by atoms with van der Waals surface area (Å²) in [6.45, 7) is 0.777. The number of carboxylic acids is 1. The number of nitrogens with zero attached hydrogens (tertiary/aromatic N) is 1. The molecule has 0 atom stereocenters. The van der Waals surface area contributed by atoms with Crippen molar-refractivity contribution in [2.45, 2.75) is 25.7 Å². The summed E-state index contributed by atoms with van der Waals surface area (Å²) in [5, 5.41) is 8.89. The summed E-state index contributed by atoms with van der Waals surface area (Å²) in [5.41, 5.74) is 0. The van der Waals surface area contributed by atoms with E-state index in [1.54, 1.807) is 16.7 Å². The van der Waals surface area contributed by atoms with E-state index in [0.717, 1.165) is 25.1 Å². The molecule has 0 aromatic heterocycles. The van der Waals surface area contributed by atoms with Gasteiger partial charge in [-0.3, -0.25) is 9.59 Å². The number of carbonyl (C=O) groups is 2. The topological polar surface area (TPSA) is 57.6 Å². The summed E-state index contributed by atoms with van der Waals surface area (Å²) >= 11 is 1.73. The quantitative estimate of drug-likeness (QED) is 0.816. The summed E-state index contributed by atoms with van der Waals surface area (Å²) in [6, 6.07) is 0. The fourth-order valence-corrected chi connectivity index (χ4v) is 2.69. The van der Waals surface area contributed by atoms with Crippen LogP contribution in [0.15, 0.2) is 0 Å². The van der Waals surface area contributed by atoms with Crippen molar-refractivity contribution in [1.29, 1.82) is 0 Å². The number of amides is 1. The van der Waals surface area contributed by atoms with Gasteiger partial charge in [0.05, 0.1) is 5.92 Å². The molecule has 1 rings (SSSR count). The van der Waals surface area contributed by atoms with E-state index in [9.17, 15) is 9.59 Å². The van der Waals surface area contributed by atoms with E-state index < -0.39 is 5.97 Å². The van der Waals surface area contributed by atoms with E-state index in [1.807, 2.05) is 13.3 Å². The molecule has 1 N–H and O–H groups in total. The van der Waals surface area contributed by atoms with E-state index in [2.05, 4.69) is 0 Å². The lowest BCUT2D eigenvalue weighted by Crippen LogP contribution is -2.37. The van der Waals surface area contributed by atoms with Crippen molar-refractivity contribution >= 4 is 23.6 Å². The van der Waals surface area contributed by atoms with Crippen molar-refractivity contribution in [2.24, 2.45) is 11.8 Å². The Bertz CT molecular complexity index is 275. The van der Waals surface area contributed by atoms with Crippen LogP contribution in [0.1, 0.15) is 25.7 Å². The SMILES string of the molecule is CSCCN(C)C(=O)C1CCC(C(=O)O)CC1. The van der Waals surface area contributed by atoms with E-state index in [-0.39, 0.29) is 17.7 Å². The minimum atomic E-state index is -0.716. The van der Waals surface area contributed by atoms with E-state index in [0.29, 0.717) is 12.8 Å². The van der Waals surface area contributed by atoms with Crippen molar-refractivity contribution in [2.75, 3.05) is 25.6 Å². The van der Waals surface area contributed by atoms with Gasteiger partial charge in [-0.2, -0.15) is 11.8 Å². The smallest absolute Gasteiger partial charge is 0.306 e. The largest absolute Gasteiger partial charge is 0.481 e. The molecule has 1 fully saturated rings. The maximum absolute atomic E-state index is 12.0. The number of rotatable bonds is 5. The fraction of sp³-hybridized carbons (Fsp3) is 0.833. The van der Waals surface area contributed by atoms with Crippen LogP contribution in [-0.4, -0.2) is 47.5 Å². The van der Waals surface area contributed by atoms with Gasteiger partial charge in [0.25, 0.3) is 0 Å². The lowest BCUT2D eigenvalue weighted by atomic mass is 9.81. The van der Waals surface area contributed by atoms with Gasteiger partial charge in [0.15, 0.2) is 0 Å². The van der Waals surface area contributed by atoms with E-state index in [4.69, 9.17) is 5.11 Å². The Balaban J connectivity index is 2.37. The number of carboxylic acid groups (broad SMARTS) is 1. The monoisotopic (exact) mass is 259 g/mol. The van der Waals surface area contributed by atoms with Gasteiger partial charge in [0.2, 0.25) is 5.91 Å². The first kappa shape index (κ1) is 14.4. The molecule has 98 valence electrons. The van der Waals surface area contributed by atoms with Gasteiger partial charge in [-0.25, -0.2) is 0 Å². The molecule has 0 aromatic carbocycles. The Morgan fingerprint density at radius 1 is 1.24 bits per heavy atom. The molecule has 1 saturated carbocycles. The lowest BCUT2D eigenvalue weighted by Gasteiger charge is -2.28. The van der Waals surface area contributed by atoms with Crippen molar-refractivity contribution < 1.29 is 14.7 Å². The standard InChI is InChI=1S/C12H21NO3S/c1-13(7-8-17-2)11(14)9-3-5-10(6-4-9)12(15)16/h9-10H,3-8H2,1-2H3,(H,15,16). The third-order valence-corrected chi connectivity index (χ3v) is 4.02. The summed E-state index contributed by atoms with van der Waals surface area (Å²) in [7, 11) is 1.84. The average molecular weight is 259 g/mol. The number of thioether (sulfide) groups is 1. The molecule has 1 aliphatic carbocycles. The summed E-state index contributed by atoms with van der Waals surface area (Å²) in [5.74, 6) is 0.217. The van der Waals surface area contributed by atoms with Crippen molar-refractivity contribution in [1.82, 2.24) is 4.90 Å². The highest BCUT2D eigenvalue weighted by Gasteiger charge is 2.30. The molecular formula is C12H21NO3S. The second kappa shape index (κ2) is 6.89. The zero-order chi connectivity index (χ0) is 12.8. The Kier molecular flexibility index (Phi) is 5.82. The van der Waals surface area contributed by atoms with Gasteiger partial charge >= 0.3 is 5.97 Å². The number of aliphatic carboxylic acids is 1. The summed E-state index contributed by atoms with van der Waals surface area (Å²) < 4.78 is 0. The molecule has 0 radical (unpaired) electrons. The molecule has 17 heavy (non-hydrogen) atoms. The van der Waals surface area contributed by atoms with Crippen LogP contribution in [0.25, 0.3) is 0 Å². The molecule has 0 unspecified atom stereocenters. The molecule has 0 heterocycles. The van der Waals surface area contributed by atoms with Crippen molar-refractivity contribution in [3.63, 3.8) is 0 Å². The molecule has 0 bridgehead atoms.